The van der Waals surface area contributed by atoms with Crippen molar-refractivity contribution in [3.05, 3.63) is 29.8 Å². The van der Waals surface area contributed by atoms with Crippen molar-refractivity contribution in [2.75, 3.05) is 11.4 Å². The first-order valence-electron chi connectivity index (χ1n) is 7.18. The van der Waals surface area contributed by atoms with Crippen molar-refractivity contribution in [1.82, 2.24) is 0 Å². The van der Waals surface area contributed by atoms with Crippen molar-refractivity contribution < 1.29 is 24.6 Å². The standard InChI is InChI=1S/C16H19NO5/c1-9(7-10(2)15(19)20)8-17-12-6-4-3-5-11(12)14(18)13(17)16(21)22/h3-6,9-10,13H,7-8H2,1-2H3,(H,19,20)(H,21,22)/t9-,10-,13-/m1/s1. The van der Waals surface area contributed by atoms with E-state index in [0.717, 1.165) is 0 Å². The zero-order valence-corrected chi connectivity index (χ0v) is 12.5. The molecule has 0 aliphatic carbocycles. The Morgan fingerprint density at radius 3 is 2.45 bits per heavy atom. The highest BCUT2D eigenvalue weighted by atomic mass is 16.4. The van der Waals surface area contributed by atoms with Crippen LogP contribution in [-0.4, -0.2) is 40.5 Å². The van der Waals surface area contributed by atoms with Gasteiger partial charge in [0.2, 0.25) is 0 Å². The van der Waals surface area contributed by atoms with Crippen molar-refractivity contribution >= 4 is 23.4 Å². The Hall–Kier alpha value is -2.37. The molecule has 0 saturated heterocycles. The van der Waals surface area contributed by atoms with E-state index in [2.05, 4.69) is 0 Å². The summed E-state index contributed by atoms with van der Waals surface area (Å²) in [4.78, 5) is 36.2. The molecule has 0 amide bonds. The van der Waals surface area contributed by atoms with Gasteiger partial charge in [-0.05, 0) is 24.5 Å². The maximum absolute atomic E-state index is 12.2. The van der Waals surface area contributed by atoms with Crippen molar-refractivity contribution in [3.8, 4) is 0 Å². The molecule has 0 bridgehead atoms. The summed E-state index contributed by atoms with van der Waals surface area (Å²) in [5.74, 6) is -3.03. The van der Waals surface area contributed by atoms with Gasteiger partial charge in [-0.25, -0.2) is 4.79 Å². The van der Waals surface area contributed by atoms with Gasteiger partial charge in [0.1, 0.15) is 0 Å². The highest BCUT2D eigenvalue weighted by Crippen LogP contribution is 2.33. The van der Waals surface area contributed by atoms with Gasteiger partial charge < -0.3 is 15.1 Å². The number of para-hydroxylation sites is 1. The fourth-order valence-corrected chi connectivity index (χ4v) is 2.92. The largest absolute Gasteiger partial charge is 0.481 e. The maximum atomic E-state index is 12.2. The minimum absolute atomic E-state index is 0.0492. The predicted molar refractivity (Wildman–Crippen MR) is 80.1 cm³/mol. The minimum atomic E-state index is -1.22. The molecular weight excluding hydrogens is 286 g/mol. The van der Waals surface area contributed by atoms with Crippen molar-refractivity contribution in [2.24, 2.45) is 11.8 Å². The zero-order valence-electron chi connectivity index (χ0n) is 12.5. The van der Waals surface area contributed by atoms with Crippen molar-refractivity contribution in [1.29, 1.82) is 0 Å². The van der Waals surface area contributed by atoms with Crippen LogP contribution in [-0.2, 0) is 9.59 Å². The lowest BCUT2D eigenvalue weighted by molar-refractivity contribution is -0.142. The third kappa shape index (κ3) is 2.95. The molecular formula is C16H19NO5. The molecule has 2 rings (SSSR count). The first-order chi connectivity index (χ1) is 10.3. The Labute approximate surface area is 128 Å². The number of carboxylic acids is 2. The number of carboxylic acid groups (broad SMARTS) is 2. The zero-order chi connectivity index (χ0) is 16.4. The van der Waals surface area contributed by atoms with Crippen LogP contribution in [0.5, 0.6) is 0 Å². The summed E-state index contributed by atoms with van der Waals surface area (Å²) in [6.45, 7) is 3.82. The van der Waals surface area contributed by atoms with E-state index in [1.807, 2.05) is 6.92 Å². The van der Waals surface area contributed by atoms with Gasteiger partial charge in [-0.15, -0.1) is 0 Å². The smallest absolute Gasteiger partial charge is 0.334 e. The lowest BCUT2D eigenvalue weighted by atomic mass is 9.96. The molecule has 118 valence electrons. The van der Waals surface area contributed by atoms with Crippen LogP contribution in [0.2, 0.25) is 0 Å². The van der Waals surface area contributed by atoms with Gasteiger partial charge in [-0.1, -0.05) is 26.0 Å². The lowest BCUT2D eigenvalue weighted by Gasteiger charge is -2.27. The average Bonchev–Trinajstić information content (AvgIpc) is 2.72. The predicted octanol–water partition coefficient (Wildman–Crippen LogP) is 1.89. The Balaban J connectivity index is 2.22. The van der Waals surface area contributed by atoms with Crippen LogP contribution < -0.4 is 4.90 Å². The molecule has 1 aromatic rings. The molecule has 1 aliphatic heterocycles. The number of anilines is 1. The molecule has 0 spiro atoms. The summed E-state index contributed by atoms with van der Waals surface area (Å²) in [7, 11) is 0. The van der Waals surface area contributed by atoms with E-state index >= 15 is 0 Å². The van der Waals surface area contributed by atoms with E-state index < -0.39 is 29.7 Å². The van der Waals surface area contributed by atoms with E-state index in [0.29, 0.717) is 24.2 Å². The van der Waals surface area contributed by atoms with Crippen molar-refractivity contribution in [3.63, 3.8) is 0 Å². The topological polar surface area (TPSA) is 94.9 Å². The number of benzene rings is 1. The number of carbonyl (C=O) groups is 3. The molecule has 22 heavy (non-hydrogen) atoms. The van der Waals surface area contributed by atoms with E-state index in [1.165, 1.54) is 0 Å². The molecule has 0 radical (unpaired) electrons. The van der Waals surface area contributed by atoms with E-state index in [9.17, 15) is 19.5 Å². The van der Waals surface area contributed by atoms with Gasteiger partial charge in [0.25, 0.3) is 0 Å². The molecule has 1 aliphatic rings. The highest BCUT2D eigenvalue weighted by Gasteiger charge is 2.42. The van der Waals surface area contributed by atoms with Gasteiger partial charge in [-0.3, -0.25) is 9.59 Å². The Morgan fingerprint density at radius 1 is 1.23 bits per heavy atom. The third-order valence-electron chi connectivity index (χ3n) is 3.96. The Kier molecular flexibility index (Phi) is 4.49. The second-order valence-electron chi connectivity index (χ2n) is 5.85. The molecule has 6 nitrogen and oxygen atoms in total. The fraction of sp³-hybridized carbons (Fsp3) is 0.438. The quantitative estimate of drug-likeness (QED) is 0.779. The minimum Gasteiger partial charge on any atom is -0.481 e. The first kappa shape index (κ1) is 16.0. The summed E-state index contributed by atoms with van der Waals surface area (Å²) in [6, 6.07) is 5.59. The van der Waals surface area contributed by atoms with Gasteiger partial charge in [0.05, 0.1) is 5.92 Å². The second-order valence-corrected chi connectivity index (χ2v) is 5.85. The van der Waals surface area contributed by atoms with Crippen LogP contribution in [0.15, 0.2) is 24.3 Å². The monoisotopic (exact) mass is 305 g/mol. The number of fused-ring (bicyclic) bond motifs is 1. The molecule has 0 saturated carbocycles. The summed E-state index contributed by atoms with van der Waals surface area (Å²) in [5, 5.41) is 18.3. The van der Waals surface area contributed by atoms with Gasteiger partial charge in [0.15, 0.2) is 11.8 Å². The fourth-order valence-electron chi connectivity index (χ4n) is 2.92. The second kappa shape index (κ2) is 6.17. The highest BCUT2D eigenvalue weighted by molar-refractivity contribution is 6.20. The SMILES string of the molecule is C[C@H](C[C@@H](C)C(=O)O)CN1c2ccccc2C(=O)[C@@H]1C(=O)O. The molecule has 1 heterocycles. The van der Waals surface area contributed by atoms with E-state index in [-0.39, 0.29) is 5.92 Å². The van der Waals surface area contributed by atoms with Crippen LogP contribution in [0.3, 0.4) is 0 Å². The Morgan fingerprint density at radius 2 is 1.86 bits per heavy atom. The maximum Gasteiger partial charge on any atom is 0.334 e. The number of Topliss-reactive ketones (excluding diaryl/α,β-unsaturated/α-hetero) is 1. The first-order valence-corrected chi connectivity index (χ1v) is 7.18. The molecule has 0 unspecified atom stereocenters. The number of hydrogen-bond acceptors (Lipinski definition) is 4. The summed E-state index contributed by atoms with van der Waals surface area (Å²) in [6.07, 6.45) is 0.425. The number of aliphatic carboxylic acids is 2. The van der Waals surface area contributed by atoms with Gasteiger partial charge in [0, 0.05) is 17.8 Å². The number of hydrogen-bond donors (Lipinski definition) is 2. The summed E-state index contributed by atoms with van der Waals surface area (Å²) < 4.78 is 0. The number of ketones is 1. The van der Waals surface area contributed by atoms with Crippen LogP contribution in [0, 0.1) is 11.8 Å². The van der Waals surface area contributed by atoms with Crippen LogP contribution in [0.25, 0.3) is 0 Å². The molecule has 2 N–H and O–H groups in total. The number of nitrogens with zero attached hydrogens (tertiary/aromatic N) is 1. The molecule has 6 heteroatoms. The van der Waals surface area contributed by atoms with Crippen LogP contribution >= 0.6 is 0 Å². The average molecular weight is 305 g/mol. The number of carbonyl (C=O) groups excluding carboxylic acids is 1. The van der Waals surface area contributed by atoms with E-state index in [1.54, 1.807) is 36.1 Å². The third-order valence-corrected chi connectivity index (χ3v) is 3.96. The summed E-state index contributed by atoms with van der Waals surface area (Å²) >= 11 is 0. The van der Waals surface area contributed by atoms with Crippen LogP contribution in [0.1, 0.15) is 30.6 Å². The normalized spacial score (nSPS) is 19.6. The van der Waals surface area contributed by atoms with Crippen molar-refractivity contribution in [2.45, 2.75) is 26.3 Å². The van der Waals surface area contributed by atoms with Gasteiger partial charge >= 0.3 is 11.9 Å². The van der Waals surface area contributed by atoms with E-state index in [4.69, 9.17) is 5.11 Å². The summed E-state index contributed by atoms with van der Waals surface area (Å²) in [5.41, 5.74) is 1.02. The molecule has 1 aromatic carbocycles. The molecule has 0 aromatic heterocycles. The molecule has 0 fully saturated rings. The lowest BCUT2D eigenvalue weighted by Crippen LogP contribution is -2.44. The molecule has 3 atom stereocenters. The van der Waals surface area contributed by atoms with Crippen LogP contribution in [0.4, 0.5) is 5.69 Å². The van der Waals surface area contributed by atoms with Gasteiger partial charge in [-0.2, -0.15) is 0 Å². The Bertz CT molecular complexity index is 612. The number of rotatable bonds is 6.